The van der Waals surface area contributed by atoms with E-state index in [4.69, 9.17) is 5.73 Å². The van der Waals surface area contributed by atoms with Crippen LogP contribution in [0, 0.1) is 5.41 Å². The van der Waals surface area contributed by atoms with Crippen LogP contribution in [-0.2, 0) is 9.53 Å². The number of methoxy groups -OCH3 is 1. The number of alkyl halides is 2. The Bertz CT molecular complexity index is 455. The van der Waals surface area contributed by atoms with Gasteiger partial charge in [-0.25, -0.2) is 0 Å². The second-order valence-electron chi connectivity index (χ2n) is 4.61. The summed E-state index contributed by atoms with van der Waals surface area (Å²) in [5.41, 5.74) is 5.27. The Hall–Kier alpha value is -1.40. The average Bonchev–Trinajstić information content (AvgIpc) is 2.36. The fraction of sp³-hybridized carbons (Fsp3) is 0.462. The number of hydrogen-bond donors (Lipinski definition) is 1. The number of hydrogen-bond acceptors (Lipinski definition) is 4. The molecule has 0 aliphatic heterocycles. The first-order valence-corrected chi connectivity index (χ1v) is 5.68. The summed E-state index contributed by atoms with van der Waals surface area (Å²) in [6.07, 6.45) is 0. The number of esters is 1. The Morgan fingerprint density at radius 2 is 1.85 bits per heavy atom. The van der Waals surface area contributed by atoms with E-state index in [1.165, 1.54) is 13.2 Å². The average molecular weight is 310 g/mol. The van der Waals surface area contributed by atoms with Crippen LogP contribution in [0.2, 0.25) is 0 Å². The van der Waals surface area contributed by atoms with Crippen LogP contribution in [0.3, 0.4) is 0 Å². The van der Waals surface area contributed by atoms with Gasteiger partial charge >= 0.3 is 12.6 Å². The van der Waals surface area contributed by atoms with E-state index < -0.39 is 24.0 Å². The van der Waals surface area contributed by atoms with Gasteiger partial charge in [0.25, 0.3) is 0 Å². The van der Waals surface area contributed by atoms with Gasteiger partial charge in [0.1, 0.15) is 5.75 Å². The molecule has 1 atom stereocenters. The summed E-state index contributed by atoms with van der Waals surface area (Å²) >= 11 is 0. The fourth-order valence-electron chi connectivity index (χ4n) is 1.72. The first-order chi connectivity index (χ1) is 8.80. The Morgan fingerprint density at radius 1 is 1.30 bits per heavy atom. The summed E-state index contributed by atoms with van der Waals surface area (Å²) in [6.45, 7) is 0.222. The topological polar surface area (TPSA) is 61.5 Å². The van der Waals surface area contributed by atoms with E-state index in [1.807, 2.05) is 0 Å². The van der Waals surface area contributed by atoms with Crippen molar-refractivity contribution in [2.45, 2.75) is 26.5 Å². The van der Waals surface area contributed by atoms with E-state index >= 15 is 0 Å². The lowest BCUT2D eigenvalue weighted by atomic mass is 9.80. The minimum atomic E-state index is -2.95. The smallest absolute Gasteiger partial charge is 0.387 e. The van der Waals surface area contributed by atoms with Crippen molar-refractivity contribution in [3.63, 3.8) is 0 Å². The third-order valence-electron chi connectivity index (χ3n) is 2.96. The summed E-state index contributed by atoms with van der Waals surface area (Å²) in [7, 11) is 1.25. The molecule has 2 N–H and O–H groups in total. The monoisotopic (exact) mass is 309 g/mol. The number of para-hydroxylation sites is 1. The van der Waals surface area contributed by atoms with Gasteiger partial charge in [0.05, 0.1) is 12.5 Å². The van der Waals surface area contributed by atoms with Crippen molar-refractivity contribution in [2.24, 2.45) is 11.1 Å². The van der Waals surface area contributed by atoms with Crippen LogP contribution in [0.4, 0.5) is 8.78 Å². The molecule has 0 fully saturated rings. The third-order valence-corrected chi connectivity index (χ3v) is 2.96. The van der Waals surface area contributed by atoms with Crippen molar-refractivity contribution < 1.29 is 23.0 Å². The maximum Gasteiger partial charge on any atom is 0.387 e. The summed E-state index contributed by atoms with van der Waals surface area (Å²) < 4.78 is 33.7. The molecule has 0 aliphatic rings. The number of ether oxygens (including phenoxy) is 2. The second-order valence-corrected chi connectivity index (χ2v) is 4.61. The molecule has 0 aromatic heterocycles. The van der Waals surface area contributed by atoms with Gasteiger partial charge in [-0.15, -0.1) is 12.4 Å². The highest BCUT2D eigenvalue weighted by molar-refractivity contribution is 5.85. The number of rotatable bonds is 5. The van der Waals surface area contributed by atoms with E-state index in [0.717, 1.165) is 0 Å². The molecule has 0 unspecified atom stereocenters. The highest BCUT2D eigenvalue weighted by Gasteiger charge is 2.38. The summed E-state index contributed by atoms with van der Waals surface area (Å²) in [5, 5.41) is 0. The Balaban J connectivity index is 0.00000361. The number of nitrogens with two attached hydrogens (primary N) is 1. The van der Waals surface area contributed by atoms with Gasteiger partial charge in [-0.2, -0.15) is 8.78 Å². The van der Waals surface area contributed by atoms with Gasteiger partial charge in [-0.1, -0.05) is 18.2 Å². The van der Waals surface area contributed by atoms with Crippen LogP contribution in [0.1, 0.15) is 25.5 Å². The largest absolute Gasteiger partial charge is 0.469 e. The third kappa shape index (κ3) is 4.05. The number of benzene rings is 1. The van der Waals surface area contributed by atoms with Crippen molar-refractivity contribution in [2.75, 3.05) is 7.11 Å². The second kappa shape index (κ2) is 7.40. The number of carbonyl (C=O) groups excluding carboxylic acids is 1. The van der Waals surface area contributed by atoms with E-state index in [2.05, 4.69) is 9.47 Å². The standard InChI is InChI=1S/C13H17F2NO3.ClH/c1-13(2,11(17)18-3)10(16)8-6-4-5-7-9(8)19-12(14)15;/h4-7,10,12H,16H2,1-3H3;1H/t10-;/m1./s1. The van der Waals surface area contributed by atoms with Crippen LogP contribution in [0.25, 0.3) is 0 Å². The van der Waals surface area contributed by atoms with Gasteiger partial charge in [-0.05, 0) is 19.9 Å². The molecule has 7 heteroatoms. The zero-order chi connectivity index (χ0) is 14.6. The van der Waals surface area contributed by atoms with E-state index in [1.54, 1.807) is 32.0 Å². The molecule has 0 saturated heterocycles. The SMILES string of the molecule is COC(=O)C(C)(C)[C@H](N)c1ccccc1OC(F)F.Cl. The molecule has 0 bridgehead atoms. The van der Waals surface area contributed by atoms with Gasteiger partial charge in [0.15, 0.2) is 0 Å². The first kappa shape index (κ1) is 18.6. The van der Waals surface area contributed by atoms with E-state index in [-0.39, 0.29) is 18.2 Å². The fourth-order valence-corrected chi connectivity index (χ4v) is 1.72. The minimum Gasteiger partial charge on any atom is -0.469 e. The maximum atomic E-state index is 12.3. The molecule has 1 rings (SSSR count). The molecule has 0 aliphatic carbocycles. The number of halogens is 3. The van der Waals surface area contributed by atoms with Crippen molar-refractivity contribution in [1.82, 2.24) is 0 Å². The van der Waals surface area contributed by atoms with Gasteiger partial charge in [-0.3, -0.25) is 4.79 Å². The highest BCUT2D eigenvalue weighted by atomic mass is 35.5. The van der Waals surface area contributed by atoms with Gasteiger partial charge in [0.2, 0.25) is 0 Å². The van der Waals surface area contributed by atoms with E-state index in [0.29, 0.717) is 5.56 Å². The van der Waals surface area contributed by atoms with Crippen LogP contribution in [0.5, 0.6) is 5.75 Å². The molecule has 0 saturated carbocycles. The normalized spacial score (nSPS) is 12.6. The summed E-state index contributed by atoms with van der Waals surface area (Å²) in [4.78, 5) is 11.7. The van der Waals surface area contributed by atoms with Crippen molar-refractivity contribution >= 4 is 18.4 Å². The first-order valence-electron chi connectivity index (χ1n) is 5.68. The molecule has 1 aromatic carbocycles. The molecule has 114 valence electrons. The zero-order valence-electron chi connectivity index (χ0n) is 11.4. The quantitative estimate of drug-likeness (QED) is 0.850. The lowest BCUT2D eigenvalue weighted by Crippen LogP contribution is -2.37. The van der Waals surface area contributed by atoms with Crippen molar-refractivity contribution in [3.8, 4) is 5.75 Å². The van der Waals surface area contributed by atoms with Crippen LogP contribution in [-0.4, -0.2) is 19.7 Å². The van der Waals surface area contributed by atoms with Crippen molar-refractivity contribution in [3.05, 3.63) is 29.8 Å². The Kier molecular flexibility index (Phi) is 6.88. The predicted molar refractivity (Wildman–Crippen MR) is 73.0 cm³/mol. The minimum absolute atomic E-state index is 0. The molecule has 0 radical (unpaired) electrons. The van der Waals surface area contributed by atoms with E-state index in [9.17, 15) is 13.6 Å². The Morgan fingerprint density at radius 3 is 2.35 bits per heavy atom. The molecule has 0 heterocycles. The molecular weight excluding hydrogens is 292 g/mol. The molecule has 0 spiro atoms. The molecular formula is C13H18ClF2NO3. The van der Waals surface area contributed by atoms with Gasteiger partial charge in [0, 0.05) is 11.6 Å². The lowest BCUT2D eigenvalue weighted by molar-refractivity contribution is -0.152. The molecule has 4 nitrogen and oxygen atoms in total. The van der Waals surface area contributed by atoms with Gasteiger partial charge < -0.3 is 15.2 Å². The summed E-state index contributed by atoms with van der Waals surface area (Å²) in [6, 6.07) is 5.30. The maximum absolute atomic E-state index is 12.3. The molecule has 20 heavy (non-hydrogen) atoms. The highest BCUT2D eigenvalue weighted by Crippen LogP contribution is 2.37. The molecule has 1 aromatic rings. The predicted octanol–water partition coefficient (Wildman–Crippen LogP) is 2.91. The van der Waals surface area contributed by atoms with Crippen LogP contribution >= 0.6 is 12.4 Å². The van der Waals surface area contributed by atoms with Crippen molar-refractivity contribution in [1.29, 1.82) is 0 Å². The molecule has 0 amide bonds. The van der Waals surface area contributed by atoms with Crippen LogP contribution < -0.4 is 10.5 Å². The zero-order valence-corrected chi connectivity index (χ0v) is 12.2. The number of carbonyl (C=O) groups is 1. The van der Waals surface area contributed by atoms with Crippen LogP contribution in [0.15, 0.2) is 24.3 Å². The Labute approximate surface area is 122 Å². The lowest BCUT2D eigenvalue weighted by Gasteiger charge is -2.29. The summed E-state index contributed by atoms with van der Waals surface area (Å²) in [5.74, 6) is -0.561.